The lowest BCUT2D eigenvalue weighted by molar-refractivity contribution is 0.183. The van der Waals surface area contributed by atoms with Crippen molar-refractivity contribution < 1.29 is 4.74 Å². The van der Waals surface area contributed by atoms with Gasteiger partial charge in [0.05, 0.1) is 17.6 Å². The molecule has 1 aromatic heterocycles. The molecule has 5 heteroatoms. The van der Waals surface area contributed by atoms with Gasteiger partial charge in [-0.2, -0.15) is 0 Å². The molecule has 0 amide bonds. The van der Waals surface area contributed by atoms with Gasteiger partial charge in [-0.3, -0.25) is 0 Å². The van der Waals surface area contributed by atoms with Crippen molar-refractivity contribution in [2.24, 2.45) is 5.92 Å². The van der Waals surface area contributed by atoms with Gasteiger partial charge in [0.25, 0.3) is 0 Å². The molecule has 17 heavy (non-hydrogen) atoms. The summed E-state index contributed by atoms with van der Waals surface area (Å²) in [6.07, 6.45) is 1.11. The van der Waals surface area contributed by atoms with Crippen molar-refractivity contribution in [1.29, 1.82) is 0 Å². The third kappa shape index (κ3) is 2.05. The van der Waals surface area contributed by atoms with Gasteiger partial charge in [-0.1, -0.05) is 15.9 Å². The maximum Gasteiger partial charge on any atom is 0.201 e. The Morgan fingerprint density at radius 1 is 1.53 bits per heavy atom. The van der Waals surface area contributed by atoms with E-state index in [1.807, 2.05) is 12.1 Å². The molecule has 90 valence electrons. The van der Waals surface area contributed by atoms with Gasteiger partial charge >= 0.3 is 0 Å². The second-order valence-electron chi connectivity index (χ2n) is 4.44. The number of halogens is 1. The van der Waals surface area contributed by atoms with E-state index in [-0.39, 0.29) is 0 Å². The Balaban J connectivity index is 1.99. The predicted molar refractivity (Wildman–Crippen MR) is 70.8 cm³/mol. The Hall–Kier alpha value is -1.07. The van der Waals surface area contributed by atoms with Crippen LogP contribution in [0.3, 0.4) is 0 Å². The molecule has 2 N–H and O–H groups in total. The maximum absolute atomic E-state index is 5.98. The molecule has 0 radical (unpaired) electrons. The van der Waals surface area contributed by atoms with Crippen LogP contribution in [0.2, 0.25) is 0 Å². The van der Waals surface area contributed by atoms with Crippen molar-refractivity contribution in [3.63, 3.8) is 0 Å². The Kier molecular flexibility index (Phi) is 2.80. The quantitative estimate of drug-likeness (QED) is 0.926. The first kappa shape index (κ1) is 11.0. The van der Waals surface area contributed by atoms with Crippen LogP contribution in [0.4, 0.5) is 5.95 Å². The zero-order valence-corrected chi connectivity index (χ0v) is 11.0. The molecule has 3 rings (SSSR count). The van der Waals surface area contributed by atoms with Crippen LogP contribution in [0.25, 0.3) is 11.0 Å². The summed E-state index contributed by atoms with van der Waals surface area (Å²) in [4.78, 5) is 4.39. The monoisotopic (exact) mass is 295 g/mol. The summed E-state index contributed by atoms with van der Waals surface area (Å²) in [6.45, 7) is 2.59. The number of ether oxygens (including phenoxy) is 1. The minimum atomic E-state index is 0.554. The van der Waals surface area contributed by atoms with Gasteiger partial charge < -0.3 is 15.0 Å². The fourth-order valence-corrected chi connectivity index (χ4v) is 2.65. The zero-order valence-electron chi connectivity index (χ0n) is 9.40. The molecule has 1 unspecified atom stereocenters. The van der Waals surface area contributed by atoms with Gasteiger partial charge in [-0.05, 0) is 24.6 Å². The molecule has 0 aliphatic carbocycles. The topological polar surface area (TPSA) is 53.1 Å². The molecular weight excluding hydrogens is 282 g/mol. The van der Waals surface area contributed by atoms with E-state index < -0.39 is 0 Å². The third-order valence-electron chi connectivity index (χ3n) is 3.20. The lowest BCUT2D eigenvalue weighted by Crippen LogP contribution is -2.12. The van der Waals surface area contributed by atoms with E-state index in [2.05, 4.69) is 31.5 Å². The molecule has 1 aromatic carbocycles. The smallest absolute Gasteiger partial charge is 0.201 e. The van der Waals surface area contributed by atoms with Crippen LogP contribution in [0.15, 0.2) is 22.7 Å². The number of aromatic nitrogens is 2. The lowest BCUT2D eigenvalue weighted by Gasteiger charge is -2.10. The average molecular weight is 296 g/mol. The number of hydrogen-bond acceptors (Lipinski definition) is 3. The average Bonchev–Trinajstić information content (AvgIpc) is 2.88. The summed E-state index contributed by atoms with van der Waals surface area (Å²) in [5, 5.41) is 0. The van der Waals surface area contributed by atoms with E-state index in [1.54, 1.807) is 0 Å². The van der Waals surface area contributed by atoms with Crippen molar-refractivity contribution in [3.8, 4) is 0 Å². The standard InChI is InChI=1S/C12H14BrN3O/c13-9-1-2-11-10(5-9)15-12(14)16(11)6-8-3-4-17-7-8/h1-2,5,8H,3-4,6-7H2,(H2,14,15). The van der Waals surface area contributed by atoms with Crippen molar-refractivity contribution in [2.75, 3.05) is 18.9 Å². The maximum atomic E-state index is 5.98. The number of benzene rings is 1. The number of hydrogen-bond donors (Lipinski definition) is 1. The molecule has 1 saturated heterocycles. The molecule has 0 spiro atoms. The van der Waals surface area contributed by atoms with Gasteiger partial charge in [0.2, 0.25) is 5.95 Å². The van der Waals surface area contributed by atoms with Crippen LogP contribution in [0, 0.1) is 5.92 Å². The second-order valence-corrected chi connectivity index (χ2v) is 5.36. The number of nitrogens with two attached hydrogens (primary N) is 1. The van der Waals surface area contributed by atoms with Crippen LogP contribution in [0.5, 0.6) is 0 Å². The highest BCUT2D eigenvalue weighted by molar-refractivity contribution is 9.10. The largest absolute Gasteiger partial charge is 0.381 e. The van der Waals surface area contributed by atoms with Gasteiger partial charge in [-0.15, -0.1) is 0 Å². The summed E-state index contributed by atoms with van der Waals surface area (Å²) >= 11 is 3.44. The van der Waals surface area contributed by atoms with E-state index >= 15 is 0 Å². The number of rotatable bonds is 2. The molecular formula is C12H14BrN3O. The number of anilines is 1. The molecule has 0 saturated carbocycles. The van der Waals surface area contributed by atoms with E-state index in [4.69, 9.17) is 10.5 Å². The van der Waals surface area contributed by atoms with Gasteiger partial charge in [0, 0.05) is 23.5 Å². The number of fused-ring (bicyclic) bond motifs is 1. The summed E-state index contributed by atoms with van der Waals surface area (Å²) < 4.78 is 8.51. The number of nitrogens with zero attached hydrogens (tertiary/aromatic N) is 2. The van der Waals surface area contributed by atoms with Crippen LogP contribution >= 0.6 is 15.9 Å². The molecule has 1 atom stereocenters. The number of imidazole rings is 1. The van der Waals surface area contributed by atoms with Crippen molar-refractivity contribution in [3.05, 3.63) is 22.7 Å². The predicted octanol–water partition coefficient (Wildman–Crippen LogP) is 2.42. The van der Waals surface area contributed by atoms with E-state index in [1.165, 1.54) is 0 Å². The molecule has 2 aromatic rings. The van der Waals surface area contributed by atoms with Crippen molar-refractivity contribution in [2.45, 2.75) is 13.0 Å². The highest BCUT2D eigenvalue weighted by atomic mass is 79.9. The van der Waals surface area contributed by atoms with Gasteiger partial charge in [0.15, 0.2) is 0 Å². The molecule has 1 aliphatic heterocycles. The minimum absolute atomic E-state index is 0.554. The van der Waals surface area contributed by atoms with Crippen LogP contribution < -0.4 is 5.73 Å². The highest BCUT2D eigenvalue weighted by Gasteiger charge is 2.18. The van der Waals surface area contributed by atoms with E-state index in [0.29, 0.717) is 11.9 Å². The Labute approximate surface area is 108 Å². The Morgan fingerprint density at radius 3 is 3.18 bits per heavy atom. The summed E-state index contributed by atoms with van der Waals surface area (Å²) in [5.74, 6) is 1.14. The lowest BCUT2D eigenvalue weighted by atomic mass is 10.1. The fraction of sp³-hybridized carbons (Fsp3) is 0.417. The molecule has 1 fully saturated rings. The summed E-state index contributed by atoms with van der Waals surface area (Å²) in [6, 6.07) is 6.07. The van der Waals surface area contributed by atoms with Gasteiger partial charge in [0.1, 0.15) is 0 Å². The van der Waals surface area contributed by atoms with Crippen LogP contribution in [0.1, 0.15) is 6.42 Å². The normalized spacial score (nSPS) is 20.2. The zero-order chi connectivity index (χ0) is 11.8. The third-order valence-corrected chi connectivity index (χ3v) is 3.70. The summed E-state index contributed by atoms with van der Waals surface area (Å²) in [5.41, 5.74) is 8.01. The van der Waals surface area contributed by atoms with E-state index in [9.17, 15) is 0 Å². The molecule has 1 aliphatic rings. The molecule has 4 nitrogen and oxygen atoms in total. The Morgan fingerprint density at radius 2 is 2.41 bits per heavy atom. The van der Waals surface area contributed by atoms with Crippen molar-refractivity contribution >= 4 is 32.9 Å². The van der Waals surface area contributed by atoms with Crippen LogP contribution in [-0.4, -0.2) is 22.8 Å². The SMILES string of the molecule is Nc1nc2cc(Br)ccc2n1CC1CCOC1. The first-order chi connectivity index (χ1) is 8.24. The van der Waals surface area contributed by atoms with E-state index in [0.717, 1.165) is 41.7 Å². The molecule has 0 bridgehead atoms. The fourth-order valence-electron chi connectivity index (χ4n) is 2.30. The van der Waals surface area contributed by atoms with Crippen molar-refractivity contribution in [1.82, 2.24) is 9.55 Å². The highest BCUT2D eigenvalue weighted by Crippen LogP contribution is 2.24. The minimum Gasteiger partial charge on any atom is -0.381 e. The Bertz CT molecular complexity index is 546. The summed E-state index contributed by atoms with van der Waals surface area (Å²) in [7, 11) is 0. The first-order valence-electron chi connectivity index (χ1n) is 5.73. The first-order valence-corrected chi connectivity index (χ1v) is 6.52. The van der Waals surface area contributed by atoms with Gasteiger partial charge in [-0.25, -0.2) is 4.98 Å². The molecule has 2 heterocycles. The second kappa shape index (κ2) is 4.31. The van der Waals surface area contributed by atoms with Crippen LogP contribution in [-0.2, 0) is 11.3 Å². The number of nitrogen functional groups attached to an aromatic ring is 1.